The summed E-state index contributed by atoms with van der Waals surface area (Å²) in [6, 6.07) is 9.09. The van der Waals surface area contributed by atoms with E-state index in [2.05, 4.69) is 5.10 Å². The van der Waals surface area contributed by atoms with E-state index in [1.165, 1.54) is 4.90 Å². The Hall–Kier alpha value is -2.63. The lowest BCUT2D eigenvalue weighted by molar-refractivity contribution is -0.146. The number of carbonyl (C=O) groups is 2. The van der Waals surface area contributed by atoms with Crippen LogP contribution in [0.3, 0.4) is 0 Å². The number of amides is 1. The maximum Gasteiger partial charge on any atom is 0.316 e. The van der Waals surface area contributed by atoms with Crippen LogP contribution < -0.4 is 4.90 Å². The fourth-order valence-corrected chi connectivity index (χ4v) is 2.35. The molecule has 2 aromatic rings. The van der Waals surface area contributed by atoms with Gasteiger partial charge in [0, 0.05) is 25.5 Å². The van der Waals surface area contributed by atoms with Gasteiger partial charge in [-0.15, -0.1) is 0 Å². The highest BCUT2D eigenvalue weighted by atomic mass is 16.4. The minimum atomic E-state index is -1.12. The minimum Gasteiger partial charge on any atom is -0.481 e. The lowest BCUT2D eigenvalue weighted by atomic mass is 9.99. The number of carboxylic acid groups (broad SMARTS) is 1. The third-order valence-electron chi connectivity index (χ3n) is 3.44. The second kappa shape index (κ2) is 6.89. The zero-order valence-corrected chi connectivity index (χ0v) is 12.6. The number of benzene rings is 1. The number of hydrogen-bond donors (Lipinski definition) is 1. The predicted molar refractivity (Wildman–Crippen MR) is 82.5 cm³/mol. The molecule has 0 saturated heterocycles. The molecule has 0 radical (unpaired) electrons. The lowest BCUT2D eigenvalue weighted by Gasteiger charge is -2.24. The molecule has 1 amide bonds. The van der Waals surface area contributed by atoms with Crippen LogP contribution in [0.1, 0.15) is 12.5 Å². The van der Waals surface area contributed by atoms with Crippen molar-refractivity contribution in [3.8, 4) is 0 Å². The molecule has 1 heterocycles. The highest BCUT2D eigenvalue weighted by molar-refractivity contribution is 6.05. The fourth-order valence-electron chi connectivity index (χ4n) is 2.35. The molecule has 1 N–H and O–H groups in total. The van der Waals surface area contributed by atoms with E-state index < -0.39 is 17.8 Å². The van der Waals surface area contributed by atoms with Gasteiger partial charge in [-0.25, -0.2) is 0 Å². The van der Waals surface area contributed by atoms with Gasteiger partial charge >= 0.3 is 5.97 Å². The summed E-state index contributed by atoms with van der Waals surface area (Å²) in [4.78, 5) is 25.7. The van der Waals surface area contributed by atoms with E-state index in [1.807, 2.05) is 25.1 Å². The molecule has 0 saturated carbocycles. The highest BCUT2D eigenvalue weighted by Crippen LogP contribution is 2.19. The summed E-state index contributed by atoms with van der Waals surface area (Å²) in [5.74, 6) is -2.65. The van der Waals surface area contributed by atoms with Crippen molar-refractivity contribution < 1.29 is 14.7 Å². The van der Waals surface area contributed by atoms with Crippen molar-refractivity contribution in [2.45, 2.75) is 13.3 Å². The smallest absolute Gasteiger partial charge is 0.316 e. The van der Waals surface area contributed by atoms with E-state index in [0.29, 0.717) is 12.2 Å². The molecule has 1 aromatic heterocycles. The number of aryl methyl sites for hydroxylation is 1. The number of anilines is 1. The maximum absolute atomic E-state index is 12.6. The van der Waals surface area contributed by atoms with Gasteiger partial charge in [0.25, 0.3) is 0 Å². The quantitative estimate of drug-likeness (QED) is 0.824. The number of aromatic nitrogens is 2. The monoisotopic (exact) mass is 301 g/mol. The van der Waals surface area contributed by atoms with Crippen molar-refractivity contribution in [2.75, 3.05) is 11.4 Å². The fraction of sp³-hybridized carbons (Fsp3) is 0.312. The van der Waals surface area contributed by atoms with Crippen molar-refractivity contribution in [2.24, 2.45) is 13.0 Å². The Morgan fingerprint density at radius 2 is 2.00 bits per heavy atom. The second-order valence-electron chi connectivity index (χ2n) is 5.04. The number of para-hydroxylation sites is 1. The number of carboxylic acids is 1. The summed E-state index contributed by atoms with van der Waals surface area (Å²) in [5, 5.41) is 13.4. The molecule has 1 atom stereocenters. The first-order chi connectivity index (χ1) is 10.5. The summed E-state index contributed by atoms with van der Waals surface area (Å²) in [7, 11) is 1.75. The molecule has 0 spiro atoms. The zero-order valence-electron chi connectivity index (χ0n) is 12.6. The van der Waals surface area contributed by atoms with Gasteiger partial charge in [-0.2, -0.15) is 5.10 Å². The first kappa shape index (κ1) is 15.8. The molecule has 6 nitrogen and oxygen atoms in total. The van der Waals surface area contributed by atoms with Gasteiger partial charge in [0.1, 0.15) is 5.92 Å². The summed E-state index contributed by atoms with van der Waals surface area (Å²) in [6.45, 7) is 2.24. The number of hydrogen-bond acceptors (Lipinski definition) is 3. The molecule has 0 aliphatic heterocycles. The summed E-state index contributed by atoms with van der Waals surface area (Å²) in [6.07, 6.45) is 3.44. The van der Waals surface area contributed by atoms with Gasteiger partial charge in [0.05, 0.1) is 6.20 Å². The van der Waals surface area contributed by atoms with Crippen molar-refractivity contribution in [1.82, 2.24) is 9.78 Å². The van der Waals surface area contributed by atoms with Crippen LogP contribution in [0.4, 0.5) is 5.69 Å². The summed E-state index contributed by atoms with van der Waals surface area (Å²) in [5.41, 5.74) is 1.43. The average molecular weight is 301 g/mol. The largest absolute Gasteiger partial charge is 0.481 e. The van der Waals surface area contributed by atoms with Crippen LogP contribution in [0.5, 0.6) is 0 Å². The Balaban J connectivity index is 2.23. The van der Waals surface area contributed by atoms with Crippen LogP contribution in [-0.2, 0) is 23.1 Å². The molecular formula is C16H19N3O3. The Morgan fingerprint density at radius 1 is 1.32 bits per heavy atom. The van der Waals surface area contributed by atoms with Crippen molar-refractivity contribution in [1.29, 1.82) is 0 Å². The van der Waals surface area contributed by atoms with Crippen LogP contribution in [0.15, 0.2) is 42.7 Å². The number of rotatable bonds is 6. The van der Waals surface area contributed by atoms with Crippen LogP contribution in [0, 0.1) is 5.92 Å². The van der Waals surface area contributed by atoms with E-state index in [9.17, 15) is 14.7 Å². The molecule has 1 unspecified atom stereocenters. The normalized spacial score (nSPS) is 11.9. The van der Waals surface area contributed by atoms with Gasteiger partial charge in [-0.3, -0.25) is 14.3 Å². The standard InChI is InChI=1S/C16H19N3O3/c1-3-19(13-7-5-4-6-8-13)15(20)14(16(21)22)9-12-10-17-18(2)11-12/h4-8,10-11,14H,3,9H2,1-2H3,(H,21,22). The van der Waals surface area contributed by atoms with Gasteiger partial charge in [0.2, 0.25) is 5.91 Å². The third kappa shape index (κ3) is 3.52. The number of nitrogens with zero attached hydrogens (tertiary/aromatic N) is 3. The molecule has 2 rings (SSSR count). The predicted octanol–water partition coefficient (Wildman–Crippen LogP) is 1.72. The number of aliphatic carboxylic acids is 1. The Kier molecular flexibility index (Phi) is 4.93. The Labute approximate surface area is 129 Å². The van der Waals surface area contributed by atoms with Gasteiger partial charge in [-0.1, -0.05) is 18.2 Å². The van der Waals surface area contributed by atoms with Gasteiger partial charge in [0.15, 0.2) is 0 Å². The van der Waals surface area contributed by atoms with Crippen LogP contribution in [0.2, 0.25) is 0 Å². The van der Waals surface area contributed by atoms with E-state index in [0.717, 1.165) is 5.56 Å². The van der Waals surface area contributed by atoms with E-state index in [-0.39, 0.29) is 6.42 Å². The topological polar surface area (TPSA) is 75.4 Å². The highest BCUT2D eigenvalue weighted by Gasteiger charge is 2.31. The summed E-state index contributed by atoms with van der Waals surface area (Å²) < 4.78 is 1.59. The maximum atomic E-state index is 12.6. The SMILES string of the molecule is CCN(C(=O)C(Cc1cnn(C)c1)C(=O)O)c1ccccc1. The molecule has 0 aliphatic carbocycles. The first-order valence-corrected chi connectivity index (χ1v) is 7.09. The lowest BCUT2D eigenvalue weighted by Crippen LogP contribution is -2.40. The molecule has 0 bridgehead atoms. The zero-order chi connectivity index (χ0) is 16.1. The molecule has 0 fully saturated rings. The van der Waals surface area contributed by atoms with E-state index in [4.69, 9.17) is 0 Å². The third-order valence-corrected chi connectivity index (χ3v) is 3.44. The molecular weight excluding hydrogens is 282 g/mol. The van der Waals surface area contributed by atoms with Crippen molar-refractivity contribution in [3.05, 3.63) is 48.3 Å². The molecule has 116 valence electrons. The molecule has 6 heteroatoms. The molecule has 22 heavy (non-hydrogen) atoms. The first-order valence-electron chi connectivity index (χ1n) is 7.09. The van der Waals surface area contributed by atoms with E-state index in [1.54, 1.807) is 36.3 Å². The minimum absolute atomic E-state index is 0.130. The van der Waals surface area contributed by atoms with Crippen LogP contribution >= 0.6 is 0 Å². The number of carbonyl (C=O) groups excluding carboxylic acids is 1. The molecule has 0 aliphatic rings. The average Bonchev–Trinajstić information content (AvgIpc) is 2.91. The van der Waals surface area contributed by atoms with Crippen molar-refractivity contribution >= 4 is 17.6 Å². The van der Waals surface area contributed by atoms with Gasteiger partial charge in [-0.05, 0) is 31.0 Å². The van der Waals surface area contributed by atoms with Crippen molar-refractivity contribution in [3.63, 3.8) is 0 Å². The molecule has 1 aromatic carbocycles. The Morgan fingerprint density at radius 3 is 2.50 bits per heavy atom. The second-order valence-corrected chi connectivity index (χ2v) is 5.04. The van der Waals surface area contributed by atoms with Crippen LogP contribution in [-0.4, -0.2) is 33.3 Å². The van der Waals surface area contributed by atoms with Gasteiger partial charge < -0.3 is 10.0 Å². The summed E-state index contributed by atoms with van der Waals surface area (Å²) >= 11 is 0. The van der Waals surface area contributed by atoms with E-state index >= 15 is 0 Å². The Bertz CT molecular complexity index is 652. The van der Waals surface area contributed by atoms with Crippen LogP contribution in [0.25, 0.3) is 0 Å².